The van der Waals surface area contributed by atoms with Crippen LogP contribution in [-0.2, 0) is 4.79 Å². The number of pyridine rings is 1. The number of carbonyl (C=O) groups is 2. The molecule has 0 saturated carbocycles. The van der Waals surface area contributed by atoms with E-state index in [9.17, 15) is 19.7 Å². The molecule has 0 radical (unpaired) electrons. The highest BCUT2D eigenvalue weighted by Crippen LogP contribution is 2.20. The molecule has 1 aromatic rings. The fraction of sp³-hybridized carbons (Fsp3) is 0.462. The molecule has 1 atom stereocenters. The van der Waals surface area contributed by atoms with Gasteiger partial charge in [-0.25, -0.2) is 4.98 Å². The third kappa shape index (κ3) is 4.69. The van der Waals surface area contributed by atoms with Gasteiger partial charge in [-0.1, -0.05) is 13.8 Å². The molecular formula is C13H18N4O5. The highest BCUT2D eigenvalue weighted by Gasteiger charge is 2.21. The highest BCUT2D eigenvalue weighted by atomic mass is 16.6. The third-order valence-electron chi connectivity index (χ3n) is 2.97. The lowest BCUT2D eigenvalue weighted by Crippen LogP contribution is -2.26. The van der Waals surface area contributed by atoms with Crippen molar-refractivity contribution in [1.29, 1.82) is 0 Å². The molecule has 1 unspecified atom stereocenters. The van der Waals surface area contributed by atoms with E-state index >= 15 is 0 Å². The van der Waals surface area contributed by atoms with Crippen LogP contribution in [0.1, 0.15) is 30.6 Å². The molecule has 0 saturated heterocycles. The summed E-state index contributed by atoms with van der Waals surface area (Å²) in [6.45, 7) is 3.84. The van der Waals surface area contributed by atoms with Crippen LogP contribution in [-0.4, -0.2) is 33.4 Å². The molecule has 9 heteroatoms. The summed E-state index contributed by atoms with van der Waals surface area (Å²) >= 11 is 0. The number of aromatic nitrogens is 1. The Morgan fingerprint density at radius 1 is 1.50 bits per heavy atom. The second-order valence-corrected chi connectivity index (χ2v) is 5.26. The van der Waals surface area contributed by atoms with Gasteiger partial charge in [0.05, 0.1) is 16.4 Å². The number of primary amides is 1. The Bertz CT molecular complexity index is 588. The molecule has 1 amide bonds. The Hall–Kier alpha value is -2.71. The molecule has 9 nitrogen and oxygen atoms in total. The number of amides is 1. The van der Waals surface area contributed by atoms with E-state index in [2.05, 4.69) is 10.3 Å². The minimum Gasteiger partial charge on any atom is -0.481 e. The molecular weight excluding hydrogens is 292 g/mol. The van der Waals surface area contributed by atoms with Gasteiger partial charge in [-0.2, -0.15) is 0 Å². The molecule has 0 aliphatic carbocycles. The standard InChI is InChI=1S/C13H18N4O5/c1-7(2)3-8(13(19)20)5-15-12-10(11(14)18)4-9(6-16-12)17(21)22/h4,6-8H,3,5H2,1-2H3,(H2,14,18)(H,15,16)(H,19,20). The SMILES string of the molecule is CC(C)CC(CNc1ncc([N+](=O)[O-])cc1C(N)=O)C(=O)O. The first-order valence-electron chi connectivity index (χ1n) is 6.63. The normalized spacial score (nSPS) is 12.0. The maximum Gasteiger partial charge on any atom is 0.308 e. The lowest BCUT2D eigenvalue weighted by molar-refractivity contribution is -0.385. The molecule has 22 heavy (non-hydrogen) atoms. The molecule has 1 aromatic heterocycles. The fourth-order valence-corrected chi connectivity index (χ4v) is 1.94. The number of carbonyl (C=O) groups excluding carboxylic acids is 1. The zero-order valence-corrected chi connectivity index (χ0v) is 12.3. The van der Waals surface area contributed by atoms with Gasteiger partial charge in [0.25, 0.3) is 11.6 Å². The average Bonchev–Trinajstić information content (AvgIpc) is 2.42. The van der Waals surface area contributed by atoms with Gasteiger partial charge in [0.2, 0.25) is 0 Å². The van der Waals surface area contributed by atoms with Gasteiger partial charge in [0.15, 0.2) is 0 Å². The number of carboxylic acid groups (broad SMARTS) is 1. The number of carboxylic acids is 1. The van der Waals surface area contributed by atoms with Crippen molar-refractivity contribution >= 4 is 23.4 Å². The number of hydrogen-bond donors (Lipinski definition) is 3. The van der Waals surface area contributed by atoms with Crippen molar-refractivity contribution in [3.05, 3.63) is 27.9 Å². The first-order valence-corrected chi connectivity index (χ1v) is 6.63. The van der Waals surface area contributed by atoms with Crippen LogP contribution in [0.2, 0.25) is 0 Å². The van der Waals surface area contributed by atoms with Crippen LogP contribution in [0.3, 0.4) is 0 Å². The van der Waals surface area contributed by atoms with E-state index in [4.69, 9.17) is 10.8 Å². The predicted octanol–water partition coefficient (Wildman–Crippen LogP) is 1.25. The fourth-order valence-electron chi connectivity index (χ4n) is 1.94. The van der Waals surface area contributed by atoms with E-state index in [1.165, 1.54) is 0 Å². The summed E-state index contributed by atoms with van der Waals surface area (Å²) in [6, 6.07) is 1.01. The maximum absolute atomic E-state index is 11.4. The summed E-state index contributed by atoms with van der Waals surface area (Å²) in [6.07, 6.45) is 1.42. The zero-order valence-electron chi connectivity index (χ0n) is 12.3. The molecule has 1 heterocycles. The number of aliphatic carboxylic acids is 1. The number of anilines is 1. The molecule has 0 spiro atoms. The highest BCUT2D eigenvalue weighted by molar-refractivity contribution is 5.98. The zero-order chi connectivity index (χ0) is 16.9. The third-order valence-corrected chi connectivity index (χ3v) is 2.97. The van der Waals surface area contributed by atoms with Crippen molar-refractivity contribution < 1.29 is 19.6 Å². The van der Waals surface area contributed by atoms with Crippen molar-refractivity contribution in [2.75, 3.05) is 11.9 Å². The van der Waals surface area contributed by atoms with E-state index < -0.39 is 22.7 Å². The summed E-state index contributed by atoms with van der Waals surface area (Å²) in [7, 11) is 0. The Morgan fingerprint density at radius 3 is 2.59 bits per heavy atom. The number of nitrogens with two attached hydrogens (primary N) is 1. The Morgan fingerprint density at radius 2 is 2.14 bits per heavy atom. The largest absolute Gasteiger partial charge is 0.481 e. The molecule has 1 rings (SSSR count). The van der Waals surface area contributed by atoms with Crippen LogP contribution in [0.5, 0.6) is 0 Å². The summed E-state index contributed by atoms with van der Waals surface area (Å²) in [5.74, 6) is -2.30. The van der Waals surface area contributed by atoms with Crippen LogP contribution in [0, 0.1) is 22.0 Å². The molecule has 0 aromatic carbocycles. The molecule has 0 fully saturated rings. The molecule has 120 valence electrons. The van der Waals surface area contributed by atoms with Gasteiger partial charge >= 0.3 is 5.97 Å². The monoisotopic (exact) mass is 310 g/mol. The van der Waals surface area contributed by atoms with Gasteiger partial charge < -0.3 is 16.2 Å². The van der Waals surface area contributed by atoms with Gasteiger partial charge in [0.1, 0.15) is 12.0 Å². The van der Waals surface area contributed by atoms with E-state index in [0.717, 1.165) is 12.3 Å². The van der Waals surface area contributed by atoms with Gasteiger partial charge in [-0.05, 0) is 12.3 Å². The molecule has 0 bridgehead atoms. The van der Waals surface area contributed by atoms with Gasteiger partial charge in [-0.3, -0.25) is 19.7 Å². The van der Waals surface area contributed by atoms with Crippen LogP contribution >= 0.6 is 0 Å². The van der Waals surface area contributed by atoms with Crippen molar-refractivity contribution in [1.82, 2.24) is 4.98 Å². The average molecular weight is 310 g/mol. The second-order valence-electron chi connectivity index (χ2n) is 5.26. The van der Waals surface area contributed by atoms with Crippen LogP contribution in [0.25, 0.3) is 0 Å². The van der Waals surface area contributed by atoms with Crippen LogP contribution in [0.15, 0.2) is 12.3 Å². The van der Waals surface area contributed by atoms with E-state index in [-0.39, 0.29) is 29.5 Å². The Kier molecular flexibility index (Phi) is 5.79. The number of nitro groups is 1. The minimum atomic E-state index is -0.969. The van der Waals surface area contributed by atoms with Crippen molar-refractivity contribution in [2.45, 2.75) is 20.3 Å². The number of hydrogen-bond acceptors (Lipinski definition) is 6. The van der Waals surface area contributed by atoms with Crippen molar-refractivity contribution in [2.24, 2.45) is 17.6 Å². The molecule has 4 N–H and O–H groups in total. The van der Waals surface area contributed by atoms with Crippen LogP contribution < -0.4 is 11.1 Å². The molecule has 0 aliphatic rings. The lowest BCUT2D eigenvalue weighted by Gasteiger charge is -2.16. The van der Waals surface area contributed by atoms with E-state index in [1.807, 2.05) is 13.8 Å². The smallest absolute Gasteiger partial charge is 0.308 e. The van der Waals surface area contributed by atoms with Crippen LogP contribution in [0.4, 0.5) is 11.5 Å². The first kappa shape index (κ1) is 17.3. The number of rotatable bonds is 8. The molecule has 0 aliphatic heterocycles. The second kappa shape index (κ2) is 7.34. The summed E-state index contributed by atoms with van der Waals surface area (Å²) in [4.78, 5) is 36.3. The quantitative estimate of drug-likeness (QED) is 0.483. The Balaban J connectivity index is 2.94. The predicted molar refractivity (Wildman–Crippen MR) is 78.5 cm³/mol. The maximum atomic E-state index is 11.4. The van der Waals surface area contributed by atoms with Gasteiger partial charge in [-0.15, -0.1) is 0 Å². The lowest BCUT2D eigenvalue weighted by atomic mass is 9.97. The van der Waals surface area contributed by atoms with Gasteiger partial charge in [0, 0.05) is 12.6 Å². The topological polar surface area (TPSA) is 148 Å². The summed E-state index contributed by atoms with van der Waals surface area (Å²) in [5, 5.41) is 22.6. The van der Waals surface area contributed by atoms with Crippen molar-refractivity contribution in [3.8, 4) is 0 Å². The minimum absolute atomic E-state index is 0.0353. The number of nitrogens with one attached hydrogen (secondary N) is 1. The van der Waals surface area contributed by atoms with E-state index in [1.54, 1.807) is 0 Å². The van der Waals surface area contributed by atoms with Crippen molar-refractivity contribution in [3.63, 3.8) is 0 Å². The summed E-state index contributed by atoms with van der Waals surface area (Å²) < 4.78 is 0. The first-order chi connectivity index (χ1) is 10.2. The Labute approximate surface area is 126 Å². The summed E-state index contributed by atoms with van der Waals surface area (Å²) in [5.41, 5.74) is 4.66. The van der Waals surface area contributed by atoms with E-state index in [0.29, 0.717) is 6.42 Å². The number of nitrogens with zero attached hydrogens (tertiary/aromatic N) is 2.